The number of H-pyrrole nitrogens is 1. The molecule has 0 spiro atoms. The van der Waals surface area contributed by atoms with Crippen LogP contribution < -0.4 is 10.6 Å². The Bertz CT molecular complexity index is 661. The highest BCUT2D eigenvalue weighted by atomic mass is 16.2. The largest absolute Gasteiger partial charge is 0.357 e. The summed E-state index contributed by atoms with van der Waals surface area (Å²) in [6.45, 7) is 1.86. The summed E-state index contributed by atoms with van der Waals surface area (Å²) < 4.78 is 0. The molecule has 3 N–H and O–H groups in total. The van der Waals surface area contributed by atoms with Crippen molar-refractivity contribution in [3.05, 3.63) is 47.8 Å². The SMILES string of the molecule is Cc1cc[nH]c1C(=O)Nc1cccc(NC(=O)N(C)C)c1. The van der Waals surface area contributed by atoms with Crippen molar-refractivity contribution < 1.29 is 9.59 Å². The number of aryl methyl sites for hydroxylation is 1. The van der Waals surface area contributed by atoms with Crippen LogP contribution in [0.3, 0.4) is 0 Å². The van der Waals surface area contributed by atoms with E-state index < -0.39 is 0 Å². The fourth-order valence-corrected chi connectivity index (χ4v) is 1.80. The second kappa shape index (κ2) is 6.13. The number of aromatic nitrogens is 1. The van der Waals surface area contributed by atoms with Crippen molar-refractivity contribution in [1.82, 2.24) is 9.88 Å². The zero-order valence-corrected chi connectivity index (χ0v) is 12.2. The number of rotatable bonds is 3. The molecule has 110 valence electrons. The number of benzene rings is 1. The Labute approximate surface area is 123 Å². The van der Waals surface area contributed by atoms with Gasteiger partial charge in [0.25, 0.3) is 5.91 Å². The summed E-state index contributed by atoms with van der Waals surface area (Å²) in [5, 5.41) is 5.52. The van der Waals surface area contributed by atoms with Gasteiger partial charge in [-0.15, -0.1) is 0 Å². The summed E-state index contributed by atoms with van der Waals surface area (Å²) in [6, 6.07) is 8.61. The van der Waals surface area contributed by atoms with Gasteiger partial charge in [-0.2, -0.15) is 0 Å². The minimum atomic E-state index is -0.223. The van der Waals surface area contributed by atoms with Crippen molar-refractivity contribution in [1.29, 1.82) is 0 Å². The molecule has 0 bridgehead atoms. The molecule has 0 aliphatic carbocycles. The van der Waals surface area contributed by atoms with E-state index >= 15 is 0 Å². The third kappa shape index (κ3) is 3.62. The van der Waals surface area contributed by atoms with E-state index in [0.29, 0.717) is 17.1 Å². The summed E-state index contributed by atoms with van der Waals surface area (Å²) in [6.07, 6.45) is 1.72. The number of aromatic amines is 1. The topological polar surface area (TPSA) is 77.2 Å². The van der Waals surface area contributed by atoms with Crippen molar-refractivity contribution in [3.63, 3.8) is 0 Å². The van der Waals surface area contributed by atoms with Crippen LogP contribution in [0.25, 0.3) is 0 Å². The molecule has 2 rings (SSSR count). The van der Waals surface area contributed by atoms with E-state index in [1.807, 2.05) is 13.0 Å². The van der Waals surface area contributed by atoms with Gasteiger partial charge in [-0.1, -0.05) is 6.07 Å². The van der Waals surface area contributed by atoms with Crippen molar-refractivity contribution in [2.45, 2.75) is 6.92 Å². The monoisotopic (exact) mass is 286 g/mol. The van der Waals surface area contributed by atoms with Gasteiger partial charge >= 0.3 is 6.03 Å². The molecule has 6 heteroatoms. The van der Waals surface area contributed by atoms with Crippen LogP contribution in [0.15, 0.2) is 36.5 Å². The van der Waals surface area contributed by atoms with E-state index in [-0.39, 0.29) is 11.9 Å². The predicted molar refractivity (Wildman–Crippen MR) is 82.6 cm³/mol. The lowest BCUT2D eigenvalue weighted by molar-refractivity contribution is 0.102. The molecule has 0 aliphatic rings. The number of carbonyl (C=O) groups is 2. The summed E-state index contributed by atoms with van der Waals surface area (Å²) in [4.78, 5) is 28.0. The lowest BCUT2D eigenvalue weighted by atomic mass is 10.2. The highest BCUT2D eigenvalue weighted by molar-refractivity contribution is 6.04. The Morgan fingerprint density at radius 2 is 1.76 bits per heavy atom. The van der Waals surface area contributed by atoms with Gasteiger partial charge < -0.3 is 20.5 Å². The van der Waals surface area contributed by atoms with Gasteiger partial charge in [0, 0.05) is 31.7 Å². The second-order valence-corrected chi connectivity index (χ2v) is 4.90. The number of carbonyl (C=O) groups excluding carboxylic acids is 2. The van der Waals surface area contributed by atoms with Gasteiger partial charge in [-0.25, -0.2) is 4.79 Å². The van der Waals surface area contributed by atoms with Crippen LogP contribution in [0.5, 0.6) is 0 Å². The highest BCUT2D eigenvalue weighted by Gasteiger charge is 2.10. The number of nitrogens with one attached hydrogen (secondary N) is 3. The fraction of sp³-hybridized carbons (Fsp3) is 0.200. The van der Waals surface area contributed by atoms with Crippen molar-refractivity contribution in [2.24, 2.45) is 0 Å². The average Bonchev–Trinajstić information content (AvgIpc) is 2.85. The highest BCUT2D eigenvalue weighted by Crippen LogP contribution is 2.17. The van der Waals surface area contributed by atoms with Crippen LogP contribution in [0.1, 0.15) is 16.1 Å². The van der Waals surface area contributed by atoms with Gasteiger partial charge in [0.05, 0.1) is 0 Å². The zero-order valence-electron chi connectivity index (χ0n) is 12.2. The molecule has 2 aromatic rings. The molecule has 21 heavy (non-hydrogen) atoms. The van der Waals surface area contributed by atoms with Gasteiger partial charge in [0.15, 0.2) is 0 Å². The van der Waals surface area contributed by atoms with Crippen LogP contribution in [0.2, 0.25) is 0 Å². The minimum Gasteiger partial charge on any atom is -0.357 e. The molecular weight excluding hydrogens is 268 g/mol. The first kappa shape index (κ1) is 14.6. The maximum absolute atomic E-state index is 12.1. The standard InChI is InChI=1S/C15H18N4O2/c1-10-7-8-16-13(10)14(20)17-11-5-4-6-12(9-11)18-15(21)19(2)3/h4-9,16H,1-3H3,(H,17,20)(H,18,21). The van der Waals surface area contributed by atoms with E-state index in [0.717, 1.165) is 5.56 Å². The molecule has 1 aromatic heterocycles. The maximum Gasteiger partial charge on any atom is 0.321 e. The number of anilines is 2. The zero-order chi connectivity index (χ0) is 15.4. The molecule has 0 fully saturated rings. The molecule has 0 atom stereocenters. The summed E-state index contributed by atoms with van der Waals surface area (Å²) in [5.74, 6) is -0.214. The number of hydrogen-bond donors (Lipinski definition) is 3. The Balaban J connectivity index is 2.09. The third-order valence-electron chi connectivity index (χ3n) is 2.96. The molecule has 0 saturated heterocycles. The van der Waals surface area contributed by atoms with Gasteiger partial charge in [-0.3, -0.25) is 4.79 Å². The van der Waals surface area contributed by atoms with Crippen molar-refractivity contribution >= 4 is 23.3 Å². The molecule has 0 saturated carbocycles. The smallest absolute Gasteiger partial charge is 0.321 e. The summed E-state index contributed by atoms with van der Waals surface area (Å²) in [7, 11) is 3.32. The first-order chi connectivity index (χ1) is 9.97. The molecule has 0 radical (unpaired) electrons. The number of urea groups is 1. The Kier molecular flexibility index (Phi) is 4.27. The lowest BCUT2D eigenvalue weighted by Crippen LogP contribution is -2.27. The van der Waals surface area contributed by atoms with E-state index in [1.165, 1.54) is 4.90 Å². The second-order valence-electron chi connectivity index (χ2n) is 4.90. The quantitative estimate of drug-likeness (QED) is 0.811. The molecule has 1 heterocycles. The fourth-order valence-electron chi connectivity index (χ4n) is 1.80. The Morgan fingerprint density at radius 3 is 2.33 bits per heavy atom. The van der Waals surface area contributed by atoms with E-state index in [9.17, 15) is 9.59 Å². The molecule has 0 unspecified atom stereocenters. The average molecular weight is 286 g/mol. The maximum atomic E-state index is 12.1. The summed E-state index contributed by atoms with van der Waals surface area (Å²) >= 11 is 0. The van der Waals surface area contributed by atoms with Gasteiger partial charge in [-0.05, 0) is 36.8 Å². The van der Waals surface area contributed by atoms with Crippen LogP contribution >= 0.6 is 0 Å². The first-order valence-electron chi connectivity index (χ1n) is 6.51. The van der Waals surface area contributed by atoms with Gasteiger partial charge in [0.2, 0.25) is 0 Å². The van der Waals surface area contributed by atoms with Crippen LogP contribution in [-0.4, -0.2) is 35.9 Å². The molecule has 6 nitrogen and oxygen atoms in total. The van der Waals surface area contributed by atoms with Crippen molar-refractivity contribution in [2.75, 3.05) is 24.7 Å². The number of hydrogen-bond acceptors (Lipinski definition) is 2. The molecule has 1 aromatic carbocycles. The van der Waals surface area contributed by atoms with Crippen LogP contribution in [0.4, 0.5) is 16.2 Å². The van der Waals surface area contributed by atoms with Gasteiger partial charge in [0.1, 0.15) is 5.69 Å². The normalized spacial score (nSPS) is 10.0. The number of amides is 3. The molecular formula is C15H18N4O2. The Morgan fingerprint density at radius 1 is 1.10 bits per heavy atom. The predicted octanol–water partition coefficient (Wildman–Crippen LogP) is 2.67. The third-order valence-corrected chi connectivity index (χ3v) is 2.96. The van der Waals surface area contributed by atoms with Crippen LogP contribution in [-0.2, 0) is 0 Å². The lowest BCUT2D eigenvalue weighted by Gasteiger charge is -2.13. The van der Waals surface area contributed by atoms with E-state index in [2.05, 4.69) is 15.6 Å². The van der Waals surface area contributed by atoms with Crippen molar-refractivity contribution in [3.8, 4) is 0 Å². The Hall–Kier alpha value is -2.76. The van der Waals surface area contributed by atoms with E-state index in [1.54, 1.807) is 44.6 Å². The number of nitrogens with zero attached hydrogens (tertiary/aromatic N) is 1. The minimum absolute atomic E-state index is 0.214. The summed E-state index contributed by atoms with van der Waals surface area (Å²) in [5.41, 5.74) is 2.64. The molecule has 0 aliphatic heterocycles. The van der Waals surface area contributed by atoms with E-state index in [4.69, 9.17) is 0 Å². The first-order valence-corrected chi connectivity index (χ1v) is 6.51. The molecule has 3 amide bonds. The van der Waals surface area contributed by atoms with Crippen LogP contribution in [0, 0.1) is 6.92 Å².